The van der Waals surface area contributed by atoms with Crippen molar-refractivity contribution >= 4 is 22.7 Å². The molecule has 0 bridgehead atoms. The molecule has 0 atom stereocenters. The van der Waals surface area contributed by atoms with Crippen molar-refractivity contribution in [3.8, 4) is 11.4 Å². The lowest BCUT2D eigenvalue weighted by Crippen LogP contribution is -2.06. The van der Waals surface area contributed by atoms with Gasteiger partial charge in [-0.1, -0.05) is 24.3 Å². The highest BCUT2D eigenvalue weighted by Gasteiger charge is 2.29. The number of aromatic nitrogens is 4. The van der Waals surface area contributed by atoms with Crippen molar-refractivity contribution in [3.05, 3.63) is 66.0 Å². The van der Waals surface area contributed by atoms with Gasteiger partial charge in [0.05, 0.1) is 18.4 Å². The Kier molecular flexibility index (Phi) is 4.14. The first kappa shape index (κ1) is 17.8. The zero-order chi connectivity index (χ0) is 19.9. The molecule has 9 heteroatoms. The molecule has 0 saturated heterocycles. The topological polar surface area (TPSA) is 95.6 Å². The van der Waals surface area contributed by atoms with E-state index in [4.69, 9.17) is 11.5 Å². The maximum absolute atomic E-state index is 12.7. The van der Waals surface area contributed by atoms with E-state index in [2.05, 4.69) is 15.0 Å². The molecular formula is C19H15F3N6. The number of rotatable bonds is 3. The van der Waals surface area contributed by atoms with Crippen LogP contribution in [-0.4, -0.2) is 19.5 Å². The summed E-state index contributed by atoms with van der Waals surface area (Å²) in [7, 11) is 0. The molecule has 4 aromatic rings. The van der Waals surface area contributed by atoms with Crippen LogP contribution in [0.3, 0.4) is 0 Å². The molecule has 142 valence electrons. The van der Waals surface area contributed by atoms with E-state index in [9.17, 15) is 13.2 Å². The fourth-order valence-electron chi connectivity index (χ4n) is 2.88. The number of fused-ring (bicyclic) bond motifs is 1. The number of hydrogen-bond donors (Lipinski definition) is 2. The third-order valence-corrected chi connectivity index (χ3v) is 4.27. The van der Waals surface area contributed by atoms with Gasteiger partial charge in [-0.2, -0.15) is 13.2 Å². The second kappa shape index (κ2) is 6.52. The first-order chi connectivity index (χ1) is 13.3. The Morgan fingerprint density at radius 1 is 0.964 bits per heavy atom. The summed E-state index contributed by atoms with van der Waals surface area (Å²) >= 11 is 0. The quantitative estimate of drug-likeness (QED) is 0.525. The monoisotopic (exact) mass is 384 g/mol. The molecule has 0 unspecified atom stereocenters. The maximum atomic E-state index is 12.7. The van der Waals surface area contributed by atoms with Crippen LogP contribution in [0.15, 0.2) is 54.9 Å². The van der Waals surface area contributed by atoms with Crippen molar-refractivity contribution in [2.45, 2.75) is 12.7 Å². The standard InChI is InChI=1S/C19H15F3N6/c20-19(21,22)13-6-4-11(5-7-13)9-28-10-25-15-16(24)26-17(27-18(15)28)12-2-1-3-14(23)8-12/h1-8,10H,9,23H2,(H2,24,26,27). The molecule has 0 spiro atoms. The van der Waals surface area contributed by atoms with Gasteiger partial charge in [0, 0.05) is 11.3 Å². The Hall–Kier alpha value is -3.62. The van der Waals surface area contributed by atoms with Crippen molar-refractivity contribution in [1.82, 2.24) is 19.5 Å². The van der Waals surface area contributed by atoms with Crippen molar-refractivity contribution in [3.63, 3.8) is 0 Å². The first-order valence-electron chi connectivity index (χ1n) is 8.31. The molecule has 0 aliphatic rings. The minimum absolute atomic E-state index is 0.216. The number of imidazole rings is 1. The fraction of sp³-hybridized carbons (Fsp3) is 0.105. The highest BCUT2D eigenvalue weighted by molar-refractivity contribution is 5.84. The van der Waals surface area contributed by atoms with Gasteiger partial charge in [-0.25, -0.2) is 15.0 Å². The minimum Gasteiger partial charge on any atom is -0.399 e. The van der Waals surface area contributed by atoms with Crippen molar-refractivity contribution < 1.29 is 13.2 Å². The lowest BCUT2D eigenvalue weighted by Gasteiger charge is -2.09. The molecule has 0 radical (unpaired) electrons. The summed E-state index contributed by atoms with van der Waals surface area (Å²) in [5.41, 5.74) is 14.0. The van der Waals surface area contributed by atoms with Gasteiger partial charge in [-0.05, 0) is 29.8 Å². The lowest BCUT2D eigenvalue weighted by atomic mass is 10.1. The molecule has 6 nitrogen and oxygen atoms in total. The predicted molar refractivity (Wildman–Crippen MR) is 100 cm³/mol. The van der Waals surface area contributed by atoms with Gasteiger partial charge in [-0.15, -0.1) is 0 Å². The Labute approximate surface area is 157 Å². The Bertz CT molecular complexity index is 1150. The van der Waals surface area contributed by atoms with E-state index in [1.54, 1.807) is 22.8 Å². The summed E-state index contributed by atoms with van der Waals surface area (Å²) in [6, 6.07) is 12.0. The van der Waals surface area contributed by atoms with E-state index >= 15 is 0 Å². The van der Waals surface area contributed by atoms with E-state index in [0.29, 0.717) is 40.3 Å². The van der Waals surface area contributed by atoms with Gasteiger partial charge < -0.3 is 16.0 Å². The number of anilines is 2. The molecule has 2 aromatic carbocycles. The van der Waals surface area contributed by atoms with Crippen LogP contribution in [0.25, 0.3) is 22.6 Å². The number of benzene rings is 2. The van der Waals surface area contributed by atoms with Crippen LogP contribution >= 0.6 is 0 Å². The zero-order valence-corrected chi connectivity index (χ0v) is 14.5. The van der Waals surface area contributed by atoms with E-state index in [-0.39, 0.29) is 5.82 Å². The smallest absolute Gasteiger partial charge is 0.399 e. The number of halogens is 3. The van der Waals surface area contributed by atoms with Crippen LogP contribution in [0.2, 0.25) is 0 Å². The molecule has 0 aliphatic carbocycles. The van der Waals surface area contributed by atoms with Crippen LogP contribution in [-0.2, 0) is 12.7 Å². The van der Waals surface area contributed by atoms with Crippen molar-refractivity contribution in [1.29, 1.82) is 0 Å². The van der Waals surface area contributed by atoms with E-state index < -0.39 is 11.7 Å². The molecular weight excluding hydrogens is 369 g/mol. The van der Waals surface area contributed by atoms with E-state index in [1.165, 1.54) is 18.5 Å². The molecule has 0 aliphatic heterocycles. The number of nitrogens with zero attached hydrogens (tertiary/aromatic N) is 4. The fourth-order valence-corrected chi connectivity index (χ4v) is 2.88. The van der Waals surface area contributed by atoms with Gasteiger partial charge in [0.1, 0.15) is 5.52 Å². The number of hydrogen-bond acceptors (Lipinski definition) is 5. The average molecular weight is 384 g/mol. The zero-order valence-electron chi connectivity index (χ0n) is 14.5. The van der Waals surface area contributed by atoms with Gasteiger partial charge >= 0.3 is 6.18 Å². The highest BCUT2D eigenvalue weighted by Crippen LogP contribution is 2.29. The summed E-state index contributed by atoms with van der Waals surface area (Å²) in [6.07, 6.45) is -2.83. The van der Waals surface area contributed by atoms with Gasteiger partial charge in [0.25, 0.3) is 0 Å². The predicted octanol–water partition coefficient (Wildman–Crippen LogP) is 3.72. The van der Waals surface area contributed by atoms with Crippen molar-refractivity contribution in [2.75, 3.05) is 11.5 Å². The second-order valence-electron chi connectivity index (χ2n) is 6.30. The third kappa shape index (κ3) is 3.34. The summed E-state index contributed by atoms with van der Waals surface area (Å²) in [4.78, 5) is 13.0. The summed E-state index contributed by atoms with van der Waals surface area (Å²) in [6.45, 7) is 0.293. The first-order valence-corrected chi connectivity index (χ1v) is 8.31. The third-order valence-electron chi connectivity index (χ3n) is 4.27. The van der Waals surface area contributed by atoms with Gasteiger partial charge in [0.2, 0.25) is 0 Å². The molecule has 0 fully saturated rings. The normalized spacial score (nSPS) is 11.8. The Morgan fingerprint density at radius 3 is 2.39 bits per heavy atom. The molecule has 2 heterocycles. The maximum Gasteiger partial charge on any atom is 0.416 e. The lowest BCUT2D eigenvalue weighted by molar-refractivity contribution is -0.137. The van der Waals surface area contributed by atoms with Gasteiger partial charge in [0.15, 0.2) is 17.3 Å². The molecule has 0 saturated carbocycles. The largest absolute Gasteiger partial charge is 0.416 e. The van der Waals surface area contributed by atoms with Gasteiger partial charge in [-0.3, -0.25) is 0 Å². The number of nitrogen functional groups attached to an aromatic ring is 2. The SMILES string of the molecule is Nc1cccc(-c2nc(N)c3ncn(Cc4ccc(C(F)(F)F)cc4)c3n2)c1. The highest BCUT2D eigenvalue weighted by atomic mass is 19.4. The summed E-state index contributed by atoms with van der Waals surface area (Å²) in [5.74, 6) is 0.611. The van der Waals surface area contributed by atoms with Crippen LogP contribution < -0.4 is 11.5 Å². The molecule has 2 aromatic heterocycles. The Morgan fingerprint density at radius 2 is 1.71 bits per heavy atom. The molecule has 0 amide bonds. The van der Waals surface area contributed by atoms with Crippen LogP contribution in [0, 0.1) is 0 Å². The van der Waals surface area contributed by atoms with E-state index in [0.717, 1.165) is 12.1 Å². The number of alkyl halides is 3. The Balaban J connectivity index is 1.72. The second-order valence-corrected chi connectivity index (χ2v) is 6.30. The molecule has 4 rings (SSSR count). The molecule has 4 N–H and O–H groups in total. The van der Waals surface area contributed by atoms with Crippen LogP contribution in [0.1, 0.15) is 11.1 Å². The number of nitrogens with two attached hydrogens (primary N) is 2. The van der Waals surface area contributed by atoms with Crippen molar-refractivity contribution in [2.24, 2.45) is 0 Å². The van der Waals surface area contributed by atoms with Crippen LogP contribution in [0.4, 0.5) is 24.7 Å². The van der Waals surface area contributed by atoms with Crippen LogP contribution in [0.5, 0.6) is 0 Å². The minimum atomic E-state index is -4.37. The summed E-state index contributed by atoms with van der Waals surface area (Å²) in [5, 5.41) is 0. The average Bonchev–Trinajstić information content (AvgIpc) is 3.05. The summed E-state index contributed by atoms with van der Waals surface area (Å²) < 4.78 is 39.9. The molecule has 28 heavy (non-hydrogen) atoms. The van der Waals surface area contributed by atoms with E-state index in [1.807, 2.05) is 6.07 Å².